The van der Waals surface area contributed by atoms with Gasteiger partial charge in [0.15, 0.2) is 0 Å². The number of nitrogens with one attached hydrogen (secondary N) is 1. The molecule has 1 N–H and O–H groups in total. The van der Waals surface area contributed by atoms with E-state index in [0.29, 0.717) is 0 Å². The van der Waals surface area contributed by atoms with E-state index in [2.05, 4.69) is 57.3 Å². The van der Waals surface area contributed by atoms with Crippen molar-refractivity contribution in [3.05, 3.63) is 51.4 Å². The van der Waals surface area contributed by atoms with E-state index in [4.69, 9.17) is 0 Å². The molecule has 2 aromatic rings. The van der Waals surface area contributed by atoms with E-state index in [1.165, 1.54) is 14.8 Å². The lowest BCUT2D eigenvalue weighted by molar-refractivity contribution is 0.626. The van der Waals surface area contributed by atoms with Gasteiger partial charge < -0.3 is 5.32 Å². The second kappa shape index (κ2) is 5.45. The number of hydrogen-bond donors (Lipinski definition) is 1. The van der Waals surface area contributed by atoms with E-state index >= 15 is 0 Å². The Hall–Kier alpha value is -0.880. The van der Waals surface area contributed by atoms with Crippen molar-refractivity contribution in [3.63, 3.8) is 0 Å². The summed E-state index contributed by atoms with van der Waals surface area (Å²) >= 11 is 2.31. The number of rotatable bonds is 4. The molecule has 1 aromatic carbocycles. The third-order valence-electron chi connectivity index (χ3n) is 2.47. The number of aryl methyl sites for hydroxylation is 1. The maximum Gasteiger partial charge on any atom is 0.0518 e. The largest absolute Gasteiger partial charge is 0.307 e. The first kappa shape index (κ1) is 11.6. The minimum absolute atomic E-state index is 0.850. The van der Waals surface area contributed by atoms with Gasteiger partial charge in [0.1, 0.15) is 0 Å². The Balaban J connectivity index is 1.84. The van der Waals surface area contributed by atoms with Gasteiger partial charge in [0.2, 0.25) is 0 Å². The summed E-state index contributed by atoms with van der Waals surface area (Å²) in [7, 11) is 1.96. The molecule has 3 nitrogen and oxygen atoms in total. The molecule has 0 radical (unpaired) electrons. The van der Waals surface area contributed by atoms with Crippen molar-refractivity contribution in [2.75, 3.05) is 0 Å². The van der Waals surface area contributed by atoms with Crippen LogP contribution in [-0.2, 0) is 20.1 Å². The van der Waals surface area contributed by atoms with Crippen LogP contribution >= 0.6 is 22.6 Å². The standard InChI is InChI=1S/C12H14IN3/c1-16-12(6-7-15-16)9-14-8-10-2-4-11(13)5-3-10/h2-7,14H,8-9H2,1H3. The first-order valence-corrected chi connectivity index (χ1v) is 6.25. The first-order valence-electron chi connectivity index (χ1n) is 5.18. The van der Waals surface area contributed by atoms with Gasteiger partial charge in [0.05, 0.1) is 5.69 Å². The number of aromatic nitrogens is 2. The monoisotopic (exact) mass is 327 g/mol. The van der Waals surface area contributed by atoms with Crippen molar-refractivity contribution in [2.45, 2.75) is 13.1 Å². The maximum atomic E-state index is 4.13. The first-order chi connectivity index (χ1) is 7.75. The maximum absolute atomic E-state index is 4.13. The third kappa shape index (κ3) is 3.05. The Labute approximate surface area is 109 Å². The summed E-state index contributed by atoms with van der Waals surface area (Å²) in [6.45, 7) is 1.74. The zero-order valence-electron chi connectivity index (χ0n) is 9.15. The van der Waals surface area contributed by atoms with Crippen molar-refractivity contribution in [1.29, 1.82) is 0 Å². The molecule has 0 aliphatic carbocycles. The number of nitrogens with zero attached hydrogens (tertiary/aromatic N) is 2. The summed E-state index contributed by atoms with van der Waals surface area (Å²) in [6, 6.07) is 10.6. The van der Waals surface area contributed by atoms with Gasteiger partial charge in [-0.25, -0.2) is 0 Å². The molecule has 0 fully saturated rings. The van der Waals surface area contributed by atoms with Gasteiger partial charge in [0, 0.05) is 29.9 Å². The molecule has 16 heavy (non-hydrogen) atoms. The molecule has 0 atom stereocenters. The van der Waals surface area contributed by atoms with Gasteiger partial charge in [-0.05, 0) is 46.4 Å². The average Bonchev–Trinajstić information content (AvgIpc) is 2.68. The SMILES string of the molecule is Cn1nccc1CNCc1ccc(I)cc1. The summed E-state index contributed by atoms with van der Waals surface area (Å²) in [6.07, 6.45) is 1.82. The molecule has 1 heterocycles. The summed E-state index contributed by atoms with van der Waals surface area (Å²) in [5.74, 6) is 0. The minimum Gasteiger partial charge on any atom is -0.307 e. The Morgan fingerprint density at radius 2 is 1.94 bits per heavy atom. The molecule has 2 rings (SSSR count). The summed E-state index contributed by atoms with van der Waals surface area (Å²) in [4.78, 5) is 0. The predicted octanol–water partition coefficient (Wildman–Crippen LogP) is 2.31. The van der Waals surface area contributed by atoms with Gasteiger partial charge in [0.25, 0.3) is 0 Å². The predicted molar refractivity (Wildman–Crippen MR) is 72.9 cm³/mol. The van der Waals surface area contributed by atoms with E-state index < -0.39 is 0 Å². The molecule has 4 heteroatoms. The lowest BCUT2D eigenvalue weighted by Crippen LogP contribution is -2.15. The van der Waals surface area contributed by atoms with Crippen molar-refractivity contribution >= 4 is 22.6 Å². The van der Waals surface area contributed by atoms with Crippen LogP contribution in [0.1, 0.15) is 11.3 Å². The highest BCUT2D eigenvalue weighted by Crippen LogP contribution is 2.06. The van der Waals surface area contributed by atoms with Crippen LogP contribution in [0.5, 0.6) is 0 Å². The Kier molecular flexibility index (Phi) is 3.95. The lowest BCUT2D eigenvalue weighted by Gasteiger charge is -2.05. The van der Waals surface area contributed by atoms with Crippen LogP contribution in [0.4, 0.5) is 0 Å². The van der Waals surface area contributed by atoms with Crippen molar-refractivity contribution < 1.29 is 0 Å². The summed E-state index contributed by atoms with van der Waals surface area (Å²) in [5.41, 5.74) is 2.51. The second-order valence-corrected chi connectivity index (χ2v) is 4.92. The highest BCUT2D eigenvalue weighted by Gasteiger charge is 1.97. The molecule has 0 saturated carbocycles. The van der Waals surface area contributed by atoms with Crippen LogP contribution < -0.4 is 5.32 Å². The number of halogens is 1. The average molecular weight is 327 g/mol. The Morgan fingerprint density at radius 1 is 1.19 bits per heavy atom. The molecule has 0 bridgehead atoms. The molecule has 0 spiro atoms. The minimum atomic E-state index is 0.850. The summed E-state index contributed by atoms with van der Waals surface area (Å²) in [5, 5.41) is 7.53. The fourth-order valence-electron chi connectivity index (χ4n) is 1.51. The fourth-order valence-corrected chi connectivity index (χ4v) is 1.87. The number of benzene rings is 1. The topological polar surface area (TPSA) is 29.9 Å². The van der Waals surface area contributed by atoms with Gasteiger partial charge in [-0.2, -0.15) is 5.10 Å². The molecule has 0 aliphatic heterocycles. The van der Waals surface area contributed by atoms with E-state index in [1.54, 1.807) is 0 Å². The van der Waals surface area contributed by atoms with Crippen LogP contribution in [0.15, 0.2) is 36.5 Å². The van der Waals surface area contributed by atoms with Gasteiger partial charge in [-0.15, -0.1) is 0 Å². The van der Waals surface area contributed by atoms with Crippen molar-refractivity contribution in [3.8, 4) is 0 Å². The van der Waals surface area contributed by atoms with E-state index in [9.17, 15) is 0 Å². The van der Waals surface area contributed by atoms with Crippen LogP contribution in [0, 0.1) is 3.57 Å². The highest BCUT2D eigenvalue weighted by molar-refractivity contribution is 14.1. The zero-order chi connectivity index (χ0) is 11.4. The second-order valence-electron chi connectivity index (χ2n) is 3.68. The zero-order valence-corrected chi connectivity index (χ0v) is 11.3. The van der Waals surface area contributed by atoms with Crippen molar-refractivity contribution in [2.24, 2.45) is 7.05 Å². The molecular formula is C12H14IN3. The molecule has 84 valence electrons. The molecule has 0 aliphatic rings. The molecule has 0 unspecified atom stereocenters. The van der Waals surface area contributed by atoms with Gasteiger partial charge >= 0.3 is 0 Å². The molecular weight excluding hydrogens is 313 g/mol. The van der Waals surface area contributed by atoms with Crippen LogP contribution in [0.25, 0.3) is 0 Å². The van der Waals surface area contributed by atoms with E-state index in [0.717, 1.165) is 13.1 Å². The van der Waals surface area contributed by atoms with Crippen LogP contribution in [0.2, 0.25) is 0 Å². The number of hydrogen-bond acceptors (Lipinski definition) is 2. The lowest BCUT2D eigenvalue weighted by atomic mass is 10.2. The van der Waals surface area contributed by atoms with Crippen LogP contribution in [-0.4, -0.2) is 9.78 Å². The normalized spacial score (nSPS) is 10.6. The molecule has 0 saturated heterocycles. The Morgan fingerprint density at radius 3 is 2.56 bits per heavy atom. The molecule has 0 amide bonds. The van der Waals surface area contributed by atoms with Crippen LogP contribution in [0.3, 0.4) is 0 Å². The quantitative estimate of drug-likeness (QED) is 0.874. The summed E-state index contributed by atoms with van der Waals surface area (Å²) < 4.78 is 3.16. The smallest absolute Gasteiger partial charge is 0.0518 e. The van der Waals surface area contributed by atoms with Gasteiger partial charge in [-0.1, -0.05) is 12.1 Å². The van der Waals surface area contributed by atoms with Gasteiger partial charge in [-0.3, -0.25) is 4.68 Å². The highest BCUT2D eigenvalue weighted by atomic mass is 127. The fraction of sp³-hybridized carbons (Fsp3) is 0.250. The van der Waals surface area contributed by atoms with Crippen molar-refractivity contribution in [1.82, 2.24) is 15.1 Å². The third-order valence-corrected chi connectivity index (χ3v) is 3.19. The Bertz CT molecular complexity index is 448. The van der Waals surface area contributed by atoms with E-state index in [-0.39, 0.29) is 0 Å². The van der Waals surface area contributed by atoms with E-state index in [1.807, 2.05) is 24.0 Å². The molecule has 1 aromatic heterocycles.